The Morgan fingerprint density at radius 3 is 2.68 bits per heavy atom. The summed E-state index contributed by atoms with van der Waals surface area (Å²) >= 11 is 0. The van der Waals surface area contributed by atoms with Crippen molar-refractivity contribution in [3.8, 4) is 5.75 Å². The van der Waals surface area contributed by atoms with Crippen LogP contribution in [0.15, 0.2) is 18.2 Å². The van der Waals surface area contributed by atoms with E-state index in [0.29, 0.717) is 23.9 Å². The maximum absolute atomic E-state index is 11.1. The number of hydrogen-bond acceptors (Lipinski definition) is 4. The van der Waals surface area contributed by atoms with E-state index in [2.05, 4.69) is 5.32 Å². The van der Waals surface area contributed by atoms with Crippen LogP contribution in [0.4, 0.5) is 0 Å². The van der Waals surface area contributed by atoms with E-state index in [1.807, 2.05) is 13.8 Å². The summed E-state index contributed by atoms with van der Waals surface area (Å²) in [5.74, 6) is 0.163. The minimum atomic E-state index is -0.571. The molecule has 0 aliphatic carbocycles. The molecule has 4 N–H and O–H groups in total. The third kappa shape index (κ3) is 5.28. The number of rotatable bonds is 7. The van der Waals surface area contributed by atoms with Gasteiger partial charge in [0.15, 0.2) is 0 Å². The molecule has 1 atom stereocenters. The van der Waals surface area contributed by atoms with Crippen LogP contribution >= 0.6 is 0 Å². The second-order valence-corrected chi connectivity index (χ2v) is 4.87. The standard InChI is InChI=1S/C14H22N2O3/c1-9(2)16-7-11(17)8-19-12-4-5-13(14(15)18)10(3)6-12/h4-6,9,11,16-17H,7-8H2,1-3H3,(H2,15,18). The van der Waals surface area contributed by atoms with Crippen molar-refractivity contribution in [1.29, 1.82) is 0 Å². The lowest BCUT2D eigenvalue weighted by molar-refractivity contribution is 0.0997. The summed E-state index contributed by atoms with van der Waals surface area (Å²) < 4.78 is 5.47. The summed E-state index contributed by atoms with van der Waals surface area (Å²) in [4.78, 5) is 11.1. The first-order chi connectivity index (χ1) is 8.90. The molecule has 0 aromatic heterocycles. The molecule has 0 spiro atoms. The van der Waals surface area contributed by atoms with Crippen LogP contribution in [0.5, 0.6) is 5.75 Å². The van der Waals surface area contributed by atoms with Gasteiger partial charge in [-0.15, -0.1) is 0 Å². The number of amides is 1. The Labute approximate surface area is 113 Å². The molecule has 106 valence electrons. The normalized spacial score (nSPS) is 12.5. The predicted molar refractivity (Wildman–Crippen MR) is 74.3 cm³/mol. The van der Waals surface area contributed by atoms with E-state index in [9.17, 15) is 9.90 Å². The van der Waals surface area contributed by atoms with Crippen LogP contribution in [0.25, 0.3) is 0 Å². The summed E-state index contributed by atoms with van der Waals surface area (Å²) in [5.41, 5.74) is 6.47. The molecule has 0 aliphatic rings. The van der Waals surface area contributed by atoms with Gasteiger partial charge in [0.25, 0.3) is 0 Å². The maximum atomic E-state index is 11.1. The Morgan fingerprint density at radius 1 is 1.47 bits per heavy atom. The Balaban J connectivity index is 2.50. The van der Waals surface area contributed by atoms with Gasteiger partial charge in [-0.2, -0.15) is 0 Å². The largest absolute Gasteiger partial charge is 0.491 e. The number of benzene rings is 1. The predicted octanol–water partition coefficient (Wildman–Crippen LogP) is 0.832. The Hall–Kier alpha value is -1.59. The first-order valence-electron chi connectivity index (χ1n) is 6.35. The van der Waals surface area contributed by atoms with Gasteiger partial charge in [-0.3, -0.25) is 4.79 Å². The fourth-order valence-corrected chi connectivity index (χ4v) is 1.63. The first kappa shape index (κ1) is 15.5. The van der Waals surface area contributed by atoms with Gasteiger partial charge in [0.2, 0.25) is 5.91 Å². The number of hydrogen-bond donors (Lipinski definition) is 3. The summed E-state index contributed by atoms with van der Waals surface area (Å²) in [7, 11) is 0. The van der Waals surface area contributed by atoms with Gasteiger partial charge in [0, 0.05) is 18.2 Å². The zero-order chi connectivity index (χ0) is 14.4. The zero-order valence-electron chi connectivity index (χ0n) is 11.6. The number of aliphatic hydroxyl groups excluding tert-OH is 1. The highest BCUT2D eigenvalue weighted by Gasteiger charge is 2.08. The first-order valence-corrected chi connectivity index (χ1v) is 6.35. The van der Waals surface area contributed by atoms with E-state index in [1.54, 1.807) is 25.1 Å². The quantitative estimate of drug-likeness (QED) is 0.682. The molecule has 0 heterocycles. The van der Waals surface area contributed by atoms with Crippen molar-refractivity contribution in [1.82, 2.24) is 5.32 Å². The number of aliphatic hydroxyl groups is 1. The molecule has 5 nitrogen and oxygen atoms in total. The van der Waals surface area contributed by atoms with Crippen LogP contribution in [0, 0.1) is 6.92 Å². The maximum Gasteiger partial charge on any atom is 0.248 e. The van der Waals surface area contributed by atoms with Crippen molar-refractivity contribution in [2.45, 2.75) is 32.9 Å². The average molecular weight is 266 g/mol. The number of primary amides is 1. The number of carbonyl (C=O) groups is 1. The molecular formula is C14H22N2O3. The molecular weight excluding hydrogens is 244 g/mol. The third-order valence-electron chi connectivity index (χ3n) is 2.67. The molecule has 19 heavy (non-hydrogen) atoms. The Bertz CT molecular complexity index is 433. The monoisotopic (exact) mass is 266 g/mol. The Morgan fingerprint density at radius 2 is 2.16 bits per heavy atom. The molecule has 1 amide bonds. The molecule has 0 saturated carbocycles. The molecule has 5 heteroatoms. The van der Waals surface area contributed by atoms with Crippen molar-refractivity contribution in [2.75, 3.05) is 13.2 Å². The fraction of sp³-hybridized carbons (Fsp3) is 0.500. The van der Waals surface area contributed by atoms with Gasteiger partial charge in [0.1, 0.15) is 18.5 Å². The molecule has 1 unspecified atom stereocenters. The van der Waals surface area contributed by atoms with E-state index in [1.165, 1.54) is 0 Å². The molecule has 0 saturated heterocycles. The van der Waals surface area contributed by atoms with Crippen molar-refractivity contribution in [3.63, 3.8) is 0 Å². The number of ether oxygens (including phenoxy) is 1. The number of aryl methyl sites for hydroxylation is 1. The van der Waals surface area contributed by atoms with Crippen LogP contribution in [-0.2, 0) is 0 Å². The number of nitrogens with two attached hydrogens (primary N) is 1. The van der Waals surface area contributed by atoms with E-state index < -0.39 is 12.0 Å². The molecule has 0 bridgehead atoms. The fourth-order valence-electron chi connectivity index (χ4n) is 1.63. The summed E-state index contributed by atoms with van der Waals surface area (Å²) in [5, 5.41) is 12.8. The van der Waals surface area contributed by atoms with Crippen molar-refractivity contribution >= 4 is 5.91 Å². The molecule has 0 aliphatic heterocycles. The van der Waals surface area contributed by atoms with Crippen molar-refractivity contribution in [2.24, 2.45) is 5.73 Å². The van der Waals surface area contributed by atoms with E-state index in [0.717, 1.165) is 5.56 Å². The second-order valence-electron chi connectivity index (χ2n) is 4.87. The average Bonchev–Trinajstić information content (AvgIpc) is 2.33. The van der Waals surface area contributed by atoms with Gasteiger partial charge in [-0.1, -0.05) is 13.8 Å². The second kappa shape index (κ2) is 7.11. The van der Waals surface area contributed by atoms with Crippen molar-refractivity contribution < 1.29 is 14.6 Å². The van der Waals surface area contributed by atoms with E-state index >= 15 is 0 Å². The summed E-state index contributed by atoms with van der Waals surface area (Å²) in [6.07, 6.45) is -0.571. The molecule has 1 rings (SSSR count). The topological polar surface area (TPSA) is 84.6 Å². The van der Waals surface area contributed by atoms with Crippen LogP contribution in [0.2, 0.25) is 0 Å². The Kier molecular flexibility index (Phi) is 5.79. The number of carbonyl (C=O) groups excluding carboxylic acids is 1. The summed E-state index contributed by atoms with van der Waals surface area (Å²) in [6.45, 7) is 6.51. The lowest BCUT2D eigenvalue weighted by atomic mass is 10.1. The molecule has 0 radical (unpaired) electrons. The third-order valence-corrected chi connectivity index (χ3v) is 2.67. The lowest BCUT2D eigenvalue weighted by Crippen LogP contribution is -2.35. The highest BCUT2D eigenvalue weighted by atomic mass is 16.5. The highest BCUT2D eigenvalue weighted by molar-refractivity contribution is 5.94. The van der Waals surface area contributed by atoms with E-state index in [4.69, 9.17) is 10.5 Å². The lowest BCUT2D eigenvalue weighted by Gasteiger charge is -2.15. The van der Waals surface area contributed by atoms with Crippen LogP contribution in [-0.4, -0.2) is 36.3 Å². The SMILES string of the molecule is Cc1cc(OCC(O)CNC(C)C)ccc1C(N)=O. The van der Waals surface area contributed by atoms with Gasteiger partial charge in [0.05, 0.1) is 0 Å². The van der Waals surface area contributed by atoms with Crippen molar-refractivity contribution in [3.05, 3.63) is 29.3 Å². The minimum absolute atomic E-state index is 0.203. The minimum Gasteiger partial charge on any atom is -0.491 e. The van der Waals surface area contributed by atoms with Gasteiger partial charge >= 0.3 is 0 Å². The van der Waals surface area contributed by atoms with Crippen LogP contribution < -0.4 is 15.8 Å². The van der Waals surface area contributed by atoms with Crippen LogP contribution in [0.3, 0.4) is 0 Å². The molecule has 1 aromatic rings. The number of nitrogens with one attached hydrogen (secondary N) is 1. The van der Waals surface area contributed by atoms with Gasteiger partial charge < -0.3 is 20.9 Å². The smallest absolute Gasteiger partial charge is 0.248 e. The van der Waals surface area contributed by atoms with Gasteiger partial charge in [-0.25, -0.2) is 0 Å². The highest BCUT2D eigenvalue weighted by Crippen LogP contribution is 2.17. The van der Waals surface area contributed by atoms with E-state index in [-0.39, 0.29) is 6.61 Å². The van der Waals surface area contributed by atoms with Crippen LogP contribution in [0.1, 0.15) is 29.8 Å². The zero-order valence-corrected chi connectivity index (χ0v) is 11.6. The van der Waals surface area contributed by atoms with Gasteiger partial charge in [-0.05, 0) is 30.7 Å². The molecule has 1 aromatic carbocycles. The summed E-state index contributed by atoms with van der Waals surface area (Å²) in [6, 6.07) is 5.37. The molecule has 0 fully saturated rings.